The molecule has 0 aliphatic carbocycles. The lowest BCUT2D eigenvalue weighted by Crippen LogP contribution is -2.27. The summed E-state index contributed by atoms with van der Waals surface area (Å²) in [4.78, 5) is 19.3. The van der Waals surface area contributed by atoms with E-state index in [2.05, 4.69) is 10.1 Å². The molecular weight excluding hydrogens is 286 g/mol. The van der Waals surface area contributed by atoms with Crippen LogP contribution in [0.2, 0.25) is 0 Å². The molecule has 0 aliphatic rings. The van der Waals surface area contributed by atoms with E-state index in [4.69, 9.17) is 4.52 Å². The first-order chi connectivity index (χ1) is 10.1. The van der Waals surface area contributed by atoms with E-state index in [0.29, 0.717) is 17.8 Å². The number of thiazole rings is 1. The molecule has 3 rings (SSSR count). The lowest BCUT2D eigenvalue weighted by atomic mass is 10.1. The van der Waals surface area contributed by atoms with Gasteiger partial charge in [0.1, 0.15) is 5.69 Å². The van der Waals surface area contributed by atoms with Gasteiger partial charge in [0.2, 0.25) is 5.91 Å². The molecule has 0 saturated carbocycles. The first-order valence-electron chi connectivity index (χ1n) is 6.61. The van der Waals surface area contributed by atoms with Crippen molar-refractivity contribution in [3.8, 4) is 0 Å². The summed E-state index contributed by atoms with van der Waals surface area (Å²) in [5.74, 6) is 0.0156. The fraction of sp³-hybridized carbons (Fsp3) is 0.267. The summed E-state index contributed by atoms with van der Waals surface area (Å²) in [6.45, 7) is 2.53. The number of nitrogens with zero attached hydrogens (tertiary/aromatic N) is 3. The zero-order chi connectivity index (χ0) is 14.8. The van der Waals surface area contributed by atoms with Gasteiger partial charge >= 0.3 is 0 Å². The molecule has 2 aromatic heterocycles. The molecule has 2 heterocycles. The molecule has 108 valence electrons. The van der Waals surface area contributed by atoms with Gasteiger partial charge in [-0.25, -0.2) is 4.98 Å². The number of likely N-dealkylation sites (N-methyl/N-ethyl adjacent to an activating group) is 1. The molecule has 0 spiro atoms. The molecule has 21 heavy (non-hydrogen) atoms. The molecule has 6 heteroatoms. The number of hydrogen-bond donors (Lipinski definition) is 0. The minimum absolute atomic E-state index is 0.0156. The Morgan fingerprint density at radius 1 is 1.38 bits per heavy atom. The summed E-state index contributed by atoms with van der Waals surface area (Å²) < 4.78 is 5.23. The molecule has 0 bridgehead atoms. The van der Waals surface area contributed by atoms with Crippen LogP contribution in [0.4, 0.5) is 0 Å². The third-order valence-corrected chi connectivity index (χ3v) is 4.34. The summed E-state index contributed by atoms with van der Waals surface area (Å²) in [6, 6.07) is 7.57. The Hall–Kier alpha value is -2.21. The summed E-state index contributed by atoms with van der Waals surface area (Å²) in [7, 11) is 1.80. The fourth-order valence-corrected chi connectivity index (χ4v) is 2.95. The Morgan fingerprint density at radius 3 is 2.95 bits per heavy atom. The topological polar surface area (TPSA) is 59.2 Å². The molecule has 0 unspecified atom stereocenters. The molecule has 1 aromatic carbocycles. The first kappa shape index (κ1) is 13.8. The smallest absolute Gasteiger partial charge is 0.228 e. The second kappa shape index (κ2) is 5.65. The number of aromatic nitrogens is 2. The highest BCUT2D eigenvalue weighted by Gasteiger charge is 2.16. The highest BCUT2D eigenvalue weighted by Crippen LogP contribution is 2.19. The Balaban J connectivity index is 1.72. The minimum Gasteiger partial charge on any atom is -0.356 e. The van der Waals surface area contributed by atoms with Crippen LogP contribution in [0.1, 0.15) is 16.3 Å². The summed E-state index contributed by atoms with van der Waals surface area (Å²) in [6.07, 6.45) is 0.241. The third kappa shape index (κ3) is 2.80. The average molecular weight is 301 g/mol. The van der Waals surface area contributed by atoms with Gasteiger partial charge in [-0.15, -0.1) is 11.3 Å². The monoisotopic (exact) mass is 301 g/mol. The first-order valence-corrected chi connectivity index (χ1v) is 7.49. The van der Waals surface area contributed by atoms with Crippen molar-refractivity contribution in [1.29, 1.82) is 0 Å². The third-order valence-electron chi connectivity index (χ3n) is 3.42. The van der Waals surface area contributed by atoms with E-state index in [9.17, 15) is 4.79 Å². The van der Waals surface area contributed by atoms with Crippen LogP contribution in [0.25, 0.3) is 11.0 Å². The predicted octanol–water partition coefficient (Wildman–Crippen LogP) is 2.79. The Morgan fingerprint density at radius 2 is 2.19 bits per heavy atom. The van der Waals surface area contributed by atoms with Gasteiger partial charge in [-0.1, -0.05) is 17.3 Å². The van der Waals surface area contributed by atoms with Crippen molar-refractivity contribution in [2.75, 3.05) is 7.05 Å². The normalized spacial score (nSPS) is 11.0. The highest BCUT2D eigenvalue weighted by molar-refractivity contribution is 7.09. The fourth-order valence-electron chi connectivity index (χ4n) is 2.13. The maximum atomic E-state index is 12.3. The van der Waals surface area contributed by atoms with Crippen LogP contribution >= 0.6 is 11.3 Å². The number of rotatable bonds is 4. The number of benzene rings is 1. The molecule has 0 fully saturated rings. The molecule has 0 aliphatic heterocycles. The summed E-state index contributed by atoms with van der Waals surface area (Å²) in [5, 5.41) is 4.90. The quantitative estimate of drug-likeness (QED) is 0.743. The Bertz CT molecular complexity index is 778. The summed E-state index contributed by atoms with van der Waals surface area (Å²) in [5.41, 5.74) is 4.17. The minimum atomic E-state index is 0.0156. The van der Waals surface area contributed by atoms with Crippen LogP contribution in [0.5, 0.6) is 0 Å². The van der Waals surface area contributed by atoms with Gasteiger partial charge < -0.3 is 9.42 Å². The van der Waals surface area contributed by atoms with Crippen LogP contribution in [0, 0.1) is 6.92 Å². The zero-order valence-electron chi connectivity index (χ0n) is 11.9. The Labute approximate surface area is 126 Å². The van der Waals surface area contributed by atoms with Gasteiger partial charge in [-0.2, -0.15) is 0 Å². The zero-order valence-corrected chi connectivity index (χ0v) is 12.7. The molecule has 0 radical (unpaired) electrons. The van der Waals surface area contributed by atoms with Gasteiger partial charge in [0.05, 0.1) is 24.2 Å². The van der Waals surface area contributed by atoms with E-state index in [0.717, 1.165) is 16.0 Å². The summed E-state index contributed by atoms with van der Waals surface area (Å²) >= 11 is 1.57. The Kier molecular flexibility index (Phi) is 3.70. The van der Waals surface area contributed by atoms with Crippen molar-refractivity contribution in [2.45, 2.75) is 19.9 Å². The lowest BCUT2D eigenvalue weighted by molar-refractivity contribution is -0.129. The van der Waals surface area contributed by atoms with Gasteiger partial charge in [0, 0.05) is 17.3 Å². The molecule has 0 atom stereocenters. The van der Waals surface area contributed by atoms with Gasteiger partial charge in [0.25, 0.3) is 0 Å². The van der Waals surface area contributed by atoms with Gasteiger partial charge in [-0.05, 0) is 19.1 Å². The van der Waals surface area contributed by atoms with E-state index >= 15 is 0 Å². The van der Waals surface area contributed by atoms with Crippen molar-refractivity contribution in [3.05, 3.63) is 46.0 Å². The van der Waals surface area contributed by atoms with E-state index in [-0.39, 0.29) is 12.3 Å². The van der Waals surface area contributed by atoms with E-state index in [1.807, 2.05) is 31.2 Å². The van der Waals surface area contributed by atoms with Crippen molar-refractivity contribution in [2.24, 2.45) is 0 Å². The van der Waals surface area contributed by atoms with E-state index in [1.165, 1.54) is 0 Å². The van der Waals surface area contributed by atoms with Gasteiger partial charge in [-0.3, -0.25) is 4.79 Å². The molecular formula is C15H15N3O2S. The van der Waals surface area contributed by atoms with Crippen LogP contribution in [0.3, 0.4) is 0 Å². The number of para-hydroxylation sites is 1. The van der Waals surface area contributed by atoms with E-state index < -0.39 is 0 Å². The second-order valence-electron chi connectivity index (χ2n) is 4.91. The van der Waals surface area contributed by atoms with Crippen molar-refractivity contribution in [3.63, 3.8) is 0 Å². The molecule has 0 N–H and O–H groups in total. The van der Waals surface area contributed by atoms with Crippen LogP contribution in [0.15, 0.2) is 34.3 Å². The number of fused-ring (bicyclic) bond motifs is 1. The molecule has 3 aromatic rings. The second-order valence-corrected chi connectivity index (χ2v) is 5.85. The number of carbonyl (C=O) groups excluding carboxylic acids is 1. The number of hydrogen-bond acceptors (Lipinski definition) is 5. The predicted molar refractivity (Wildman–Crippen MR) is 81.0 cm³/mol. The lowest BCUT2D eigenvalue weighted by Gasteiger charge is -2.15. The average Bonchev–Trinajstić information content (AvgIpc) is 3.07. The molecule has 0 saturated heterocycles. The van der Waals surface area contributed by atoms with Gasteiger partial charge in [0.15, 0.2) is 5.58 Å². The van der Waals surface area contributed by atoms with Crippen LogP contribution < -0.4 is 0 Å². The van der Waals surface area contributed by atoms with E-state index in [1.54, 1.807) is 28.8 Å². The van der Waals surface area contributed by atoms with Crippen molar-refractivity contribution >= 4 is 28.2 Å². The van der Waals surface area contributed by atoms with Crippen molar-refractivity contribution in [1.82, 2.24) is 15.0 Å². The van der Waals surface area contributed by atoms with Crippen LogP contribution in [-0.2, 0) is 17.8 Å². The number of carbonyl (C=O) groups is 1. The maximum Gasteiger partial charge on any atom is 0.228 e. The molecule has 5 nitrogen and oxygen atoms in total. The highest BCUT2D eigenvalue weighted by atomic mass is 32.1. The largest absolute Gasteiger partial charge is 0.356 e. The SMILES string of the molecule is Cc1ncsc1CN(C)C(=O)Cc1noc2ccccc12. The molecule has 1 amide bonds. The maximum absolute atomic E-state index is 12.3. The number of aryl methyl sites for hydroxylation is 1. The standard InChI is InChI=1S/C15H15N3O2S/c1-10-14(21-9-16-10)8-18(2)15(19)7-12-11-5-3-4-6-13(11)20-17-12/h3-6,9H,7-8H2,1-2H3. The van der Waals surface area contributed by atoms with Crippen molar-refractivity contribution < 1.29 is 9.32 Å². The number of amides is 1. The van der Waals surface area contributed by atoms with Crippen LogP contribution in [-0.4, -0.2) is 28.0 Å².